The minimum Gasteiger partial charge on any atom is -0.348 e. The van der Waals surface area contributed by atoms with Crippen molar-refractivity contribution in [3.8, 4) is 0 Å². The standard InChI is InChI=1S/C20H25FN4O/c21-16-9-4-3-8-15(16)20(11-5-6-12-20)19(26)22-14-18-24-23-17-10-2-1-7-13-25(17)18/h3-4,8-9H,1-2,5-7,10-14H2,(H,22,26). The average molecular weight is 356 g/mol. The van der Waals surface area contributed by atoms with Crippen LogP contribution in [0.15, 0.2) is 24.3 Å². The van der Waals surface area contributed by atoms with E-state index in [1.807, 2.05) is 6.07 Å². The van der Waals surface area contributed by atoms with Crippen molar-refractivity contribution < 1.29 is 9.18 Å². The molecule has 0 unspecified atom stereocenters. The number of fused-ring (bicyclic) bond motifs is 1. The topological polar surface area (TPSA) is 59.8 Å². The van der Waals surface area contributed by atoms with Gasteiger partial charge in [-0.2, -0.15) is 0 Å². The van der Waals surface area contributed by atoms with E-state index in [-0.39, 0.29) is 11.7 Å². The molecular weight excluding hydrogens is 331 g/mol. The first-order valence-corrected chi connectivity index (χ1v) is 9.65. The molecule has 0 saturated heterocycles. The van der Waals surface area contributed by atoms with Gasteiger partial charge in [-0.25, -0.2) is 4.39 Å². The summed E-state index contributed by atoms with van der Waals surface area (Å²) >= 11 is 0. The maximum absolute atomic E-state index is 14.4. The highest BCUT2D eigenvalue weighted by atomic mass is 19.1. The summed E-state index contributed by atoms with van der Waals surface area (Å²) in [5.74, 6) is 1.43. The van der Waals surface area contributed by atoms with E-state index in [0.29, 0.717) is 24.9 Å². The minimum absolute atomic E-state index is 0.0916. The van der Waals surface area contributed by atoms with Crippen molar-refractivity contribution in [3.05, 3.63) is 47.3 Å². The number of benzene rings is 1. The molecule has 4 rings (SSSR count). The predicted octanol–water partition coefficient (Wildman–Crippen LogP) is 3.27. The fourth-order valence-corrected chi connectivity index (χ4v) is 4.45. The maximum atomic E-state index is 14.4. The van der Waals surface area contributed by atoms with Gasteiger partial charge >= 0.3 is 0 Å². The normalized spacial score (nSPS) is 19.0. The lowest BCUT2D eigenvalue weighted by molar-refractivity contribution is -0.127. The van der Waals surface area contributed by atoms with Gasteiger partial charge in [-0.1, -0.05) is 37.5 Å². The second-order valence-electron chi connectivity index (χ2n) is 7.45. The van der Waals surface area contributed by atoms with E-state index in [0.717, 1.165) is 50.3 Å². The number of halogens is 1. The van der Waals surface area contributed by atoms with E-state index < -0.39 is 5.41 Å². The third-order valence-corrected chi connectivity index (χ3v) is 5.87. The Morgan fingerprint density at radius 1 is 1.12 bits per heavy atom. The Morgan fingerprint density at radius 2 is 1.92 bits per heavy atom. The van der Waals surface area contributed by atoms with Crippen molar-refractivity contribution in [2.24, 2.45) is 0 Å². The highest BCUT2D eigenvalue weighted by Crippen LogP contribution is 2.42. The fourth-order valence-electron chi connectivity index (χ4n) is 4.45. The van der Waals surface area contributed by atoms with Crippen LogP contribution in [0.2, 0.25) is 0 Å². The summed E-state index contributed by atoms with van der Waals surface area (Å²) in [4.78, 5) is 13.1. The summed E-state index contributed by atoms with van der Waals surface area (Å²) in [6, 6.07) is 6.68. The fraction of sp³-hybridized carbons (Fsp3) is 0.550. The highest BCUT2D eigenvalue weighted by molar-refractivity contribution is 5.88. The predicted molar refractivity (Wildman–Crippen MR) is 96.0 cm³/mol. The summed E-state index contributed by atoms with van der Waals surface area (Å²) in [6.07, 6.45) is 7.68. The van der Waals surface area contributed by atoms with E-state index in [9.17, 15) is 9.18 Å². The van der Waals surface area contributed by atoms with Gasteiger partial charge in [0.25, 0.3) is 0 Å². The molecule has 2 aliphatic rings. The molecule has 6 heteroatoms. The first-order chi connectivity index (χ1) is 12.7. The van der Waals surface area contributed by atoms with Gasteiger partial charge in [-0.3, -0.25) is 4.79 Å². The van der Waals surface area contributed by atoms with Crippen LogP contribution in [0.3, 0.4) is 0 Å². The second kappa shape index (κ2) is 7.17. The summed E-state index contributed by atoms with van der Waals surface area (Å²) in [6.45, 7) is 1.26. The van der Waals surface area contributed by atoms with Crippen LogP contribution in [-0.2, 0) is 29.7 Å². The van der Waals surface area contributed by atoms with Crippen LogP contribution in [0.1, 0.15) is 62.2 Å². The second-order valence-corrected chi connectivity index (χ2v) is 7.45. The Balaban J connectivity index is 1.54. The number of rotatable bonds is 4. The lowest BCUT2D eigenvalue weighted by Crippen LogP contribution is -2.43. The van der Waals surface area contributed by atoms with E-state index in [4.69, 9.17) is 0 Å². The van der Waals surface area contributed by atoms with Crippen molar-refractivity contribution in [3.63, 3.8) is 0 Å². The molecule has 1 aliphatic heterocycles. The third-order valence-electron chi connectivity index (χ3n) is 5.87. The number of hydrogen-bond acceptors (Lipinski definition) is 3. The van der Waals surface area contributed by atoms with Crippen LogP contribution in [0.5, 0.6) is 0 Å². The van der Waals surface area contributed by atoms with Crippen molar-refractivity contribution >= 4 is 5.91 Å². The molecule has 2 aromatic rings. The van der Waals surface area contributed by atoms with E-state index in [1.165, 1.54) is 12.5 Å². The zero-order valence-electron chi connectivity index (χ0n) is 15.0. The average Bonchev–Trinajstić information content (AvgIpc) is 3.22. The van der Waals surface area contributed by atoms with Gasteiger partial charge in [0.05, 0.1) is 12.0 Å². The Labute approximate surface area is 153 Å². The van der Waals surface area contributed by atoms with Crippen LogP contribution >= 0.6 is 0 Å². The number of aromatic nitrogens is 3. The Kier molecular flexibility index (Phi) is 4.74. The quantitative estimate of drug-likeness (QED) is 0.915. The van der Waals surface area contributed by atoms with Crippen LogP contribution in [0, 0.1) is 5.82 Å². The Hall–Kier alpha value is -2.24. The first kappa shape index (κ1) is 17.2. The first-order valence-electron chi connectivity index (χ1n) is 9.65. The zero-order valence-corrected chi connectivity index (χ0v) is 15.0. The third kappa shape index (κ3) is 3.02. The van der Waals surface area contributed by atoms with Crippen molar-refractivity contribution in [2.45, 2.75) is 69.9 Å². The number of amides is 1. The molecule has 1 aromatic carbocycles. The Morgan fingerprint density at radius 3 is 2.73 bits per heavy atom. The molecule has 1 amide bonds. The molecule has 1 saturated carbocycles. The van der Waals surface area contributed by atoms with Gasteiger partial charge in [0.15, 0.2) is 5.82 Å². The number of nitrogens with one attached hydrogen (secondary N) is 1. The number of nitrogens with zero attached hydrogens (tertiary/aromatic N) is 3. The van der Waals surface area contributed by atoms with Crippen LogP contribution < -0.4 is 5.32 Å². The largest absolute Gasteiger partial charge is 0.348 e. The molecule has 5 nitrogen and oxygen atoms in total. The number of aryl methyl sites for hydroxylation is 1. The Bertz CT molecular complexity index is 795. The zero-order chi connectivity index (χ0) is 18.0. The summed E-state index contributed by atoms with van der Waals surface area (Å²) in [7, 11) is 0. The van der Waals surface area contributed by atoms with Crippen LogP contribution in [0.4, 0.5) is 4.39 Å². The van der Waals surface area contributed by atoms with E-state index >= 15 is 0 Å². The van der Waals surface area contributed by atoms with Gasteiger partial charge in [-0.05, 0) is 31.7 Å². The van der Waals surface area contributed by atoms with Crippen molar-refractivity contribution in [1.82, 2.24) is 20.1 Å². The maximum Gasteiger partial charge on any atom is 0.231 e. The van der Waals surface area contributed by atoms with Crippen LogP contribution in [0.25, 0.3) is 0 Å². The van der Waals surface area contributed by atoms with E-state index in [2.05, 4.69) is 20.1 Å². The molecule has 138 valence electrons. The monoisotopic (exact) mass is 356 g/mol. The molecule has 0 atom stereocenters. The number of hydrogen-bond donors (Lipinski definition) is 1. The molecule has 1 fully saturated rings. The van der Waals surface area contributed by atoms with Gasteiger partial charge < -0.3 is 9.88 Å². The molecule has 2 heterocycles. The number of carbonyl (C=O) groups excluding carboxylic acids is 1. The van der Waals surface area contributed by atoms with Gasteiger partial charge in [0.1, 0.15) is 11.6 Å². The van der Waals surface area contributed by atoms with E-state index in [1.54, 1.807) is 12.1 Å². The number of carbonyl (C=O) groups is 1. The molecule has 1 aliphatic carbocycles. The molecular formula is C20H25FN4O. The molecule has 26 heavy (non-hydrogen) atoms. The van der Waals surface area contributed by atoms with Gasteiger partial charge in [-0.15, -0.1) is 10.2 Å². The molecule has 0 bridgehead atoms. The van der Waals surface area contributed by atoms with Gasteiger partial charge in [0.2, 0.25) is 5.91 Å². The van der Waals surface area contributed by atoms with Crippen molar-refractivity contribution in [1.29, 1.82) is 0 Å². The molecule has 0 spiro atoms. The smallest absolute Gasteiger partial charge is 0.231 e. The van der Waals surface area contributed by atoms with Gasteiger partial charge in [0, 0.05) is 18.5 Å². The highest BCUT2D eigenvalue weighted by Gasteiger charge is 2.44. The lowest BCUT2D eigenvalue weighted by Gasteiger charge is -2.28. The molecule has 1 N–H and O–H groups in total. The molecule has 0 radical (unpaired) electrons. The van der Waals surface area contributed by atoms with Crippen LogP contribution in [-0.4, -0.2) is 20.7 Å². The SMILES string of the molecule is O=C(NCc1nnc2n1CCCCC2)C1(c2ccccc2F)CCCC1. The molecule has 1 aromatic heterocycles. The summed E-state index contributed by atoms with van der Waals surface area (Å²) in [5.41, 5.74) is -0.234. The lowest BCUT2D eigenvalue weighted by atomic mass is 9.77. The summed E-state index contributed by atoms with van der Waals surface area (Å²) < 4.78 is 16.6. The minimum atomic E-state index is -0.757. The summed E-state index contributed by atoms with van der Waals surface area (Å²) in [5, 5.41) is 11.6. The van der Waals surface area contributed by atoms with Crippen molar-refractivity contribution in [2.75, 3.05) is 0 Å².